The molecule has 0 aromatic heterocycles. The van der Waals surface area contributed by atoms with Gasteiger partial charge in [0.15, 0.2) is 0 Å². The second kappa shape index (κ2) is 3.08. The van der Waals surface area contributed by atoms with Crippen LogP contribution in [0, 0.1) is 0 Å². The van der Waals surface area contributed by atoms with Crippen molar-refractivity contribution >= 4 is 10.0 Å². The molecule has 0 bridgehead atoms. The molecule has 1 saturated heterocycles. The molecule has 0 saturated carbocycles. The topological polar surface area (TPSA) is 63.4 Å². The Morgan fingerprint density at radius 1 is 1.64 bits per heavy atom. The van der Waals surface area contributed by atoms with Crippen LogP contribution in [0.1, 0.15) is 18.3 Å². The third kappa shape index (κ3) is 2.43. The summed E-state index contributed by atoms with van der Waals surface area (Å²) in [6, 6.07) is -1.14. The third-order valence-electron chi connectivity index (χ3n) is 1.70. The minimum absolute atomic E-state index is 0.000718. The van der Waals surface area contributed by atoms with E-state index in [9.17, 15) is 8.42 Å². The van der Waals surface area contributed by atoms with Crippen molar-refractivity contribution in [1.82, 2.24) is 4.31 Å². The Hall–Kier alpha value is -0.130. The van der Waals surface area contributed by atoms with Gasteiger partial charge in [0.05, 0.1) is 6.18 Å². The Morgan fingerprint density at radius 3 is 2.64 bits per heavy atom. The van der Waals surface area contributed by atoms with Gasteiger partial charge in [-0.2, -0.15) is 0 Å². The summed E-state index contributed by atoms with van der Waals surface area (Å²) in [6.07, 6.45) is -2.71. The van der Waals surface area contributed by atoms with E-state index in [4.69, 9.17) is 11.2 Å². The van der Waals surface area contributed by atoms with Gasteiger partial charge < -0.3 is 5.73 Å². The van der Waals surface area contributed by atoms with Gasteiger partial charge in [-0.15, -0.1) is 0 Å². The maximum atomic E-state index is 11.5. The molecule has 1 aliphatic heterocycles. The summed E-state index contributed by atoms with van der Waals surface area (Å²) in [7, 11) is -4.26. The van der Waals surface area contributed by atoms with Crippen LogP contribution in [0.25, 0.3) is 0 Å². The minimum atomic E-state index is -4.26. The zero-order chi connectivity index (χ0) is 11.9. The number of nitrogens with two attached hydrogens (primary N) is 1. The lowest BCUT2D eigenvalue weighted by molar-refractivity contribution is 0.322. The predicted molar refractivity (Wildman–Crippen MR) is 43.6 cm³/mol. The quantitative estimate of drug-likeness (QED) is 0.587. The van der Waals surface area contributed by atoms with Crippen molar-refractivity contribution in [3.8, 4) is 0 Å². The first-order valence-electron chi connectivity index (χ1n) is 5.35. The predicted octanol–water partition coefficient (Wildman–Crippen LogP) is -0.631. The number of sulfonamides is 1. The lowest BCUT2D eigenvalue weighted by Gasteiger charge is -2.27. The van der Waals surface area contributed by atoms with E-state index in [2.05, 4.69) is 0 Å². The average molecular weight is 182 g/mol. The summed E-state index contributed by atoms with van der Waals surface area (Å²) in [5.41, 5.74) is 5.50. The van der Waals surface area contributed by atoms with E-state index in [1.165, 1.54) is 0 Å². The summed E-state index contributed by atoms with van der Waals surface area (Å²) in [6.45, 7) is 0.00144. The third-order valence-corrected chi connectivity index (χ3v) is 2.75. The minimum Gasteiger partial charge on any atom is -0.328 e. The smallest absolute Gasteiger partial charge is 0.211 e. The molecule has 1 aliphatic rings. The van der Waals surface area contributed by atoms with Crippen molar-refractivity contribution in [2.75, 3.05) is 19.3 Å². The SMILES string of the molecule is [2H]C1(N)CCN(S(=O)(=O)C([2H])([2H])[2H])CC1. The molecule has 2 N–H and O–H groups in total. The van der Waals surface area contributed by atoms with Gasteiger partial charge in [-0.05, 0) is 12.8 Å². The highest BCUT2D eigenvalue weighted by molar-refractivity contribution is 7.88. The maximum absolute atomic E-state index is 11.5. The van der Waals surface area contributed by atoms with E-state index in [1.807, 2.05) is 0 Å². The first-order chi connectivity index (χ1) is 6.56. The summed E-state index contributed by atoms with van der Waals surface area (Å²) >= 11 is 0. The summed E-state index contributed by atoms with van der Waals surface area (Å²) in [4.78, 5) is 0. The molecule has 1 rings (SSSR count). The van der Waals surface area contributed by atoms with Crippen molar-refractivity contribution in [2.45, 2.75) is 18.9 Å². The zero-order valence-electron chi connectivity index (χ0n) is 10.1. The van der Waals surface area contributed by atoms with Crippen LogP contribution in [0.4, 0.5) is 0 Å². The van der Waals surface area contributed by atoms with Crippen LogP contribution in [0.3, 0.4) is 0 Å². The molecule has 0 amide bonds. The summed E-state index contributed by atoms with van der Waals surface area (Å²) < 4.78 is 52.0. The van der Waals surface area contributed by atoms with Gasteiger partial charge in [-0.3, -0.25) is 0 Å². The second-order valence-corrected chi connectivity index (χ2v) is 4.03. The molecule has 0 aromatic rings. The fourth-order valence-electron chi connectivity index (χ4n) is 1.01. The Labute approximate surface area is 73.0 Å². The number of rotatable bonds is 1. The van der Waals surface area contributed by atoms with Crippen molar-refractivity contribution < 1.29 is 13.9 Å². The molecule has 1 fully saturated rings. The van der Waals surface area contributed by atoms with Crippen LogP contribution in [0.15, 0.2) is 0 Å². The number of hydrogen-bond donors (Lipinski definition) is 1. The molecule has 1 heterocycles. The largest absolute Gasteiger partial charge is 0.328 e. The molecule has 0 aliphatic carbocycles. The Balaban J connectivity index is 2.78. The molecule has 0 atom stereocenters. The van der Waals surface area contributed by atoms with E-state index in [-0.39, 0.29) is 25.9 Å². The highest BCUT2D eigenvalue weighted by Crippen LogP contribution is 2.10. The highest BCUT2D eigenvalue weighted by Gasteiger charge is 2.22. The Kier molecular flexibility index (Phi) is 1.34. The van der Waals surface area contributed by atoms with Gasteiger partial charge in [0.2, 0.25) is 10.0 Å². The molecular weight excluding hydrogens is 164 g/mol. The fourth-order valence-corrected chi connectivity index (χ4v) is 1.68. The molecule has 4 nitrogen and oxygen atoms in total. The van der Waals surface area contributed by atoms with Crippen molar-refractivity contribution in [1.29, 1.82) is 0 Å². The first-order valence-corrected chi connectivity index (χ1v) is 4.79. The lowest BCUT2D eigenvalue weighted by Crippen LogP contribution is -2.42. The van der Waals surface area contributed by atoms with Crippen LogP contribution in [0.5, 0.6) is 0 Å². The molecular formula is C6H14N2O2S. The van der Waals surface area contributed by atoms with E-state index in [0.717, 1.165) is 4.31 Å². The normalized spacial score (nSPS) is 33.2. The van der Waals surface area contributed by atoms with Gasteiger partial charge in [0, 0.05) is 24.6 Å². The van der Waals surface area contributed by atoms with Crippen LogP contribution in [-0.4, -0.2) is 38.0 Å². The second-order valence-electron chi connectivity index (χ2n) is 2.56. The Bertz CT molecular complexity index is 328. The lowest BCUT2D eigenvalue weighted by atomic mass is 10.1. The summed E-state index contributed by atoms with van der Waals surface area (Å²) in [5.74, 6) is 0. The zero-order valence-corrected chi connectivity index (χ0v) is 6.89. The van der Waals surface area contributed by atoms with E-state index >= 15 is 0 Å². The van der Waals surface area contributed by atoms with E-state index in [0.29, 0.717) is 0 Å². The molecule has 11 heavy (non-hydrogen) atoms. The van der Waals surface area contributed by atoms with Crippen molar-refractivity contribution in [2.24, 2.45) is 5.73 Å². The highest BCUT2D eigenvalue weighted by atomic mass is 32.2. The van der Waals surface area contributed by atoms with Crippen LogP contribution < -0.4 is 5.73 Å². The molecule has 5 heteroatoms. The van der Waals surface area contributed by atoms with Crippen molar-refractivity contribution in [3.63, 3.8) is 0 Å². The molecule has 0 unspecified atom stereocenters. The number of nitrogens with zero attached hydrogens (tertiary/aromatic N) is 1. The van der Waals surface area contributed by atoms with Gasteiger partial charge in [0.25, 0.3) is 0 Å². The van der Waals surface area contributed by atoms with Gasteiger partial charge >= 0.3 is 0 Å². The van der Waals surface area contributed by atoms with Crippen LogP contribution >= 0.6 is 0 Å². The molecule has 0 spiro atoms. The monoisotopic (exact) mass is 182 g/mol. The van der Waals surface area contributed by atoms with Gasteiger partial charge in [0.1, 0.15) is 0 Å². The molecule has 0 radical (unpaired) electrons. The van der Waals surface area contributed by atoms with E-state index < -0.39 is 22.2 Å². The average Bonchev–Trinajstić information content (AvgIpc) is 2.01. The summed E-state index contributed by atoms with van der Waals surface area (Å²) in [5, 5.41) is 0. The molecule has 0 aromatic carbocycles. The van der Waals surface area contributed by atoms with Gasteiger partial charge in [-0.25, -0.2) is 12.7 Å². The standard InChI is InChI=1S/C6H14N2O2S/c1-11(9,10)8-4-2-6(7)3-5-8/h6H,2-5,7H2,1H3/i1D3,6D. The Morgan fingerprint density at radius 2 is 2.18 bits per heavy atom. The fraction of sp³-hybridized carbons (Fsp3) is 1.00. The number of piperidine rings is 1. The maximum Gasteiger partial charge on any atom is 0.211 e. The van der Waals surface area contributed by atoms with Gasteiger partial charge in [-0.1, -0.05) is 0 Å². The van der Waals surface area contributed by atoms with Crippen molar-refractivity contribution in [3.05, 3.63) is 0 Å². The molecule has 66 valence electrons. The van der Waals surface area contributed by atoms with E-state index in [1.54, 1.807) is 0 Å². The number of hydrogen-bond acceptors (Lipinski definition) is 3. The van der Waals surface area contributed by atoms with Crippen LogP contribution in [0.2, 0.25) is 0 Å². The first kappa shape index (κ1) is 4.79. The van der Waals surface area contributed by atoms with Crippen LogP contribution in [-0.2, 0) is 10.0 Å².